The van der Waals surface area contributed by atoms with Crippen LogP contribution in [-0.4, -0.2) is 17.4 Å². The molecular formula is C29H29NO3. The summed E-state index contributed by atoms with van der Waals surface area (Å²) < 4.78 is 12.2. The second kappa shape index (κ2) is 8.20. The van der Waals surface area contributed by atoms with Gasteiger partial charge in [0.1, 0.15) is 18.2 Å². The minimum atomic E-state index is -0.0732. The van der Waals surface area contributed by atoms with Gasteiger partial charge in [0.25, 0.3) is 0 Å². The molecule has 0 unspecified atom stereocenters. The molecule has 0 fully saturated rings. The Morgan fingerprint density at radius 2 is 1.73 bits per heavy atom. The Balaban J connectivity index is 1.40. The van der Waals surface area contributed by atoms with Crippen molar-refractivity contribution in [1.82, 2.24) is 4.90 Å². The van der Waals surface area contributed by atoms with Gasteiger partial charge < -0.3 is 9.47 Å². The van der Waals surface area contributed by atoms with Crippen LogP contribution in [0.15, 0.2) is 66.4 Å². The number of carbonyl (C=O) groups excluding carboxylic acids is 1. The highest BCUT2D eigenvalue weighted by Crippen LogP contribution is 2.43. The number of Topliss-reactive ketones (excluding diaryl/α,β-unsaturated/α-hetero) is 1. The van der Waals surface area contributed by atoms with Crippen LogP contribution in [0, 0.1) is 6.92 Å². The quantitative estimate of drug-likeness (QED) is 0.452. The number of ether oxygens (including phenoxy) is 2. The van der Waals surface area contributed by atoms with Crippen molar-refractivity contribution in [1.29, 1.82) is 0 Å². The van der Waals surface area contributed by atoms with E-state index < -0.39 is 0 Å². The molecule has 2 aliphatic heterocycles. The normalized spacial score (nSPS) is 16.8. The van der Waals surface area contributed by atoms with Crippen molar-refractivity contribution in [3.63, 3.8) is 0 Å². The third-order valence-electron chi connectivity index (χ3n) is 6.33. The Hall–Kier alpha value is -3.37. The highest BCUT2D eigenvalue weighted by atomic mass is 16.5. The van der Waals surface area contributed by atoms with Gasteiger partial charge in [0, 0.05) is 24.2 Å². The number of benzene rings is 3. The molecule has 0 N–H and O–H groups in total. The summed E-state index contributed by atoms with van der Waals surface area (Å²) in [5.74, 6) is 1.74. The number of rotatable bonds is 3. The molecule has 168 valence electrons. The smallest absolute Gasteiger partial charge is 0.231 e. The predicted octanol–water partition coefficient (Wildman–Crippen LogP) is 6.26. The summed E-state index contributed by atoms with van der Waals surface area (Å²) in [6.45, 7) is 10.6. The molecule has 4 heteroatoms. The van der Waals surface area contributed by atoms with Gasteiger partial charge in [-0.1, -0.05) is 75.4 Å². The van der Waals surface area contributed by atoms with Gasteiger partial charge in [0.15, 0.2) is 5.76 Å². The van der Waals surface area contributed by atoms with Gasteiger partial charge >= 0.3 is 0 Å². The molecule has 0 saturated heterocycles. The minimum absolute atomic E-state index is 0.0732. The highest BCUT2D eigenvalue weighted by molar-refractivity contribution is 6.15. The van der Waals surface area contributed by atoms with Crippen LogP contribution in [0.4, 0.5) is 0 Å². The fourth-order valence-electron chi connectivity index (χ4n) is 4.47. The number of fused-ring (bicyclic) bond motifs is 2. The molecule has 0 aliphatic carbocycles. The molecule has 4 nitrogen and oxygen atoms in total. The van der Waals surface area contributed by atoms with Crippen LogP contribution < -0.4 is 9.47 Å². The lowest BCUT2D eigenvalue weighted by molar-refractivity contribution is 0.0876. The average Bonchev–Trinajstić information content (AvgIpc) is 3.10. The maximum Gasteiger partial charge on any atom is 0.231 e. The molecule has 0 atom stereocenters. The molecule has 2 aliphatic rings. The van der Waals surface area contributed by atoms with Crippen molar-refractivity contribution in [3.05, 3.63) is 99.8 Å². The van der Waals surface area contributed by atoms with Crippen LogP contribution in [0.2, 0.25) is 0 Å². The number of ketones is 1. The molecule has 2 heterocycles. The highest BCUT2D eigenvalue weighted by Gasteiger charge is 2.33. The van der Waals surface area contributed by atoms with E-state index in [1.165, 1.54) is 11.1 Å². The molecule has 0 aromatic heterocycles. The van der Waals surface area contributed by atoms with E-state index in [0.717, 1.165) is 35.5 Å². The standard InChI is InChI=1S/C29H29NO3/c1-19-27-22(17-30(18-32-27)16-21-8-6-5-7-9-21)15-24-26(31)25(33-28(19)24)14-20-10-12-23(13-11-20)29(2,3)4/h5-15H,16-18H2,1-4H3/b25-14-. The number of hydrogen-bond donors (Lipinski definition) is 0. The third-order valence-corrected chi connectivity index (χ3v) is 6.33. The van der Waals surface area contributed by atoms with E-state index in [2.05, 4.69) is 49.9 Å². The summed E-state index contributed by atoms with van der Waals surface area (Å²) in [7, 11) is 0. The maximum atomic E-state index is 13.2. The van der Waals surface area contributed by atoms with Crippen LogP contribution in [0.3, 0.4) is 0 Å². The number of carbonyl (C=O) groups is 1. The van der Waals surface area contributed by atoms with Crippen molar-refractivity contribution in [2.24, 2.45) is 0 Å². The van der Waals surface area contributed by atoms with Gasteiger partial charge in [-0.3, -0.25) is 9.69 Å². The molecular weight excluding hydrogens is 410 g/mol. The zero-order chi connectivity index (χ0) is 23.2. The Morgan fingerprint density at radius 1 is 1.00 bits per heavy atom. The van der Waals surface area contributed by atoms with Crippen LogP contribution in [0.1, 0.15) is 58.9 Å². The SMILES string of the molecule is Cc1c2c(cc3c1O/C(=C\c1ccc(C(C)(C)C)cc1)C3=O)CN(Cc1ccccc1)CO2. The van der Waals surface area contributed by atoms with E-state index in [0.29, 0.717) is 23.8 Å². The second-order valence-corrected chi connectivity index (χ2v) is 9.92. The van der Waals surface area contributed by atoms with Gasteiger partial charge in [-0.15, -0.1) is 0 Å². The number of nitrogens with zero attached hydrogens (tertiary/aromatic N) is 1. The van der Waals surface area contributed by atoms with Crippen molar-refractivity contribution in [2.45, 2.75) is 46.2 Å². The van der Waals surface area contributed by atoms with Crippen molar-refractivity contribution >= 4 is 11.9 Å². The van der Waals surface area contributed by atoms with E-state index in [9.17, 15) is 4.79 Å². The first-order valence-corrected chi connectivity index (χ1v) is 11.4. The molecule has 3 aromatic carbocycles. The van der Waals surface area contributed by atoms with Crippen LogP contribution in [0.5, 0.6) is 11.5 Å². The van der Waals surface area contributed by atoms with E-state index in [1.807, 2.05) is 49.4 Å². The van der Waals surface area contributed by atoms with Gasteiger partial charge in [0.05, 0.1) is 5.56 Å². The minimum Gasteiger partial charge on any atom is -0.477 e. The van der Waals surface area contributed by atoms with E-state index in [1.54, 1.807) is 0 Å². The summed E-state index contributed by atoms with van der Waals surface area (Å²) >= 11 is 0. The van der Waals surface area contributed by atoms with Crippen LogP contribution in [-0.2, 0) is 18.5 Å². The average molecular weight is 440 g/mol. The van der Waals surface area contributed by atoms with Crippen LogP contribution >= 0.6 is 0 Å². The second-order valence-electron chi connectivity index (χ2n) is 9.92. The lowest BCUT2D eigenvalue weighted by atomic mass is 9.86. The summed E-state index contributed by atoms with van der Waals surface area (Å²) in [5.41, 5.74) is 6.08. The Kier molecular flexibility index (Phi) is 5.34. The molecule has 0 radical (unpaired) electrons. The lowest BCUT2D eigenvalue weighted by Crippen LogP contribution is -2.32. The van der Waals surface area contributed by atoms with Gasteiger partial charge in [0.2, 0.25) is 5.78 Å². The molecule has 5 rings (SSSR count). The van der Waals surface area contributed by atoms with Gasteiger partial charge in [-0.25, -0.2) is 0 Å². The summed E-state index contributed by atoms with van der Waals surface area (Å²) in [6.07, 6.45) is 1.83. The molecule has 33 heavy (non-hydrogen) atoms. The molecule has 0 bridgehead atoms. The van der Waals surface area contributed by atoms with Crippen molar-refractivity contribution in [3.8, 4) is 11.5 Å². The fraction of sp³-hybridized carbons (Fsp3) is 0.276. The largest absolute Gasteiger partial charge is 0.477 e. The van der Waals surface area contributed by atoms with E-state index in [-0.39, 0.29) is 11.2 Å². The van der Waals surface area contributed by atoms with Gasteiger partial charge in [-0.05, 0) is 41.2 Å². The van der Waals surface area contributed by atoms with E-state index >= 15 is 0 Å². The Labute approximate surface area is 195 Å². The Morgan fingerprint density at radius 3 is 2.42 bits per heavy atom. The number of allylic oxidation sites excluding steroid dienone is 1. The monoisotopic (exact) mass is 439 g/mol. The maximum absolute atomic E-state index is 13.2. The first-order chi connectivity index (χ1) is 15.8. The summed E-state index contributed by atoms with van der Waals surface area (Å²) in [4.78, 5) is 15.4. The zero-order valence-corrected chi connectivity index (χ0v) is 19.6. The van der Waals surface area contributed by atoms with Gasteiger partial charge in [-0.2, -0.15) is 0 Å². The van der Waals surface area contributed by atoms with Crippen LogP contribution in [0.25, 0.3) is 6.08 Å². The fourth-order valence-corrected chi connectivity index (χ4v) is 4.47. The first kappa shape index (κ1) is 21.5. The number of hydrogen-bond acceptors (Lipinski definition) is 4. The van der Waals surface area contributed by atoms with Crippen molar-refractivity contribution in [2.75, 3.05) is 6.73 Å². The van der Waals surface area contributed by atoms with E-state index in [4.69, 9.17) is 9.47 Å². The Bertz CT molecular complexity index is 1230. The zero-order valence-electron chi connectivity index (χ0n) is 19.6. The predicted molar refractivity (Wildman–Crippen MR) is 130 cm³/mol. The summed E-state index contributed by atoms with van der Waals surface area (Å²) in [5, 5.41) is 0. The third kappa shape index (κ3) is 4.19. The molecule has 0 saturated carbocycles. The lowest BCUT2D eigenvalue weighted by Gasteiger charge is -2.30. The van der Waals surface area contributed by atoms with Crippen molar-refractivity contribution < 1.29 is 14.3 Å². The first-order valence-electron chi connectivity index (χ1n) is 11.4. The molecule has 0 spiro atoms. The topological polar surface area (TPSA) is 38.8 Å². The summed E-state index contributed by atoms with van der Waals surface area (Å²) in [6, 6.07) is 20.6. The molecule has 3 aromatic rings. The molecule has 0 amide bonds.